The Morgan fingerprint density at radius 3 is 2.53 bits per heavy atom. The van der Waals surface area contributed by atoms with E-state index in [0.717, 1.165) is 0 Å². The summed E-state index contributed by atoms with van der Waals surface area (Å²) in [5.41, 5.74) is 4.06. The lowest BCUT2D eigenvalue weighted by Gasteiger charge is -2.16. The smallest absolute Gasteiger partial charge is 0.0669 e. The molecule has 98 valence electrons. The van der Waals surface area contributed by atoms with E-state index >= 15 is 0 Å². The fourth-order valence-corrected chi connectivity index (χ4v) is 4.60. The van der Waals surface area contributed by atoms with Crippen LogP contribution in [0.4, 0.5) is 0 Å². The van der Waals surface area contributed by atoms with Crippen molar-refractivity contribution in [2.75, 3.05) is 7.05 Å². The van der Waals surface area contributed by atoms with Crippen molar-refractivity contribution >= 4 is 32.1 Å². The molecular formula is C16H17NS2. The van der Waals surface area contributed by atoms with Crippen LogP contribution in [0.2, 0.25) is 0 Å². The molecule has 3 aromatic rings. The molecule has 0 fully saturated rings. The fourth-order valence-electron chi connectivity index (χ4n) is 2.34. The molecule has 2 aromatic heterocycles. The van der Waals surface area contributed by atoms with Gasteiger partial charge in [-0.1, -0.05) is 18.2 Å². The summed E-state index contributed by atoms with van der Waals surface area (Å²) in [6.45, 7) is 4.34. The molecule has 1 N–H and O–H groups in total. The summed E-state index contributed by atoms with van der Waals surface area (Å²) in [7, 11) is 2.04. The maximum absolute atomic E-state index is 3.45. The number of rotatable bonds is 3. The molecule has 0 radical (unpaired) electrons. The second-order valence-electron chi connectivity index (χ2n) is 4.86. The first-order chi connectivity index (χ1) is 9.19. The van der Waals surface area contributed by atoms with E-state index in [1.807, 2.05) is 29.7 Å². The lowest BCUT2D eigenvalue weighted by Crippen LogP contribution is -2.16. The number of hydrogen-bond acceptors (Lipinski definition) is 3. The van der Waals surface area contributed by atoms with Gasteiger partial charge < -0.3 is 5.32 Å². The van der Waals surface area contributed by atoms with Gasteiger partial charge >= 0.3 is 0 Å². The molecule has 1 nitrogen and oxygen atoms in total. The molecule has 0 aliphatic rings. The summed E-state index contributed by atoms with van der Waals surface area (Å²) in [5.74, 6) is 0. The molecule has 0 spiro atoms. The van der Waals surface area contributed by atoms with Gasteiger partial charge in [0.2, 0.25) is 0 Å². The molecule has 1 unspecified atom stereocenters. The van der Waals surface area contributed by atoms with Crippen LogP contribution in [-0.2, 0) is 0 Å². The first-order valence-electron chi connectivity index (χ1n) is 6.40. The van der Waals surface area contributed by atoms with Gasteiger partial charge in [-0.2, -0.15) is 0 Å². The van der Waals surface area contributed by atoms with Gasteiger partial charge in [-0.05, 0) is 55.1 Å². The van der Waals surface area contributed by atoms with Crippen LogP contribution in [0.15, 0.2) is 35.7 Å². The van der Waals surface area contributed by atoms with E-state index in [1.165, 1.54) is 31.0 Å². The zero-order valence-electron chi connectivity index (χ0n) is 11.4. The van der Waals surface area contributed by atoms with Crippen LogP contribution in [0.25, 0.3) is 9.40 Å². The molecule has 2 heterocycles. The van der Waals surface area contributed by atoms with Crippen LogP contribution in [0.1, 0.15) is 27.6 Å². The van der Waals surface area contributed by atoms with Gasteiger partial charge in [-0.3, -0.25) is 0 Å². The topological polar surface area (TPSA) is 12.0 Å². The van der Waals surface area contributed by atoms with Gasteiger partial charge in [0.25, 0.3) is 0 Å². The van der Waals surface area contributed by atoms with E-state index in [1.54, 1.807) is 0 Å². The molecule has 0 amide bonds. The zero-order chi connectivity index (χ0) is 13.4. The molecular weight excluding hydrogens is 270 g/mol. The van der Waals surface area contributed by atoms with E-state index in [9.17, 15) is 0 Å². The standard InChI is InChI=1S/C16H17NS2/c1-10-4-5-12(8-11(10)2)16(17-3)15-9-14-13(19-15)6-7-18-14/h4-9,16-17H,1-3H3. The Morgan fingerprint density at radius 1 is 1.00 bits per heavy atom. The third-order valence-corrected chi connectivity index (χ3v) is 5.75. The SMILES string of the molecule is CNC(c1ccc(C)c(C)c1)c1cc2sccc2s1. The van der Waals surface area contributed by atoms with Gasteiger partial charge in [0.15, 0.2) is 0 Å². The molecule has 1 aromatic carbocycles. The Labute approximate surface area is 121 Å². The Morgan fingerprint density at radius 2 is 1.84 bits per heavy atom. The second-order valence-corrected chi connectivity index (χ2v) is 6.93. The van der Waals surface area contributed by atoms with E-state index in [4.69, 9.17) is 0 Å². The highest BCUT2D eigenvalue weighted by Gasteiger charge is 2.15. The average Bonchev–Trinajstić information content (AvgIpc) is 2.95. The van der Waals surface area contributed by atoms with Crippen molar-refractivity contribution in [2.45, 2.75) is 19.9 Å². The fraction of sp³-hybridized carbons (Fsp3) is 0.250. The van der Waals surface area contributed by atoms with Crippen molar-refractivity contribution in [3.05, 3.63) is 57.3 Å². The van der Waals surface area contributed by atoms with Crippen LogP contribution in [0.5, 0.6) is 0 Å². The number of thiophene rings is 2. The van der Waals surface area contributed by atoms with Crippen LogP contribution >= 0.6 is 22.7 Å². The van der Waals surface area contributed by atoms with Crippen LogP contribution in [0.3, 0.4) is 0 Å². The van der Waals surface area contributed by atoms with Crippen molar-refractivity contribution in [3.63, 3.8) is 0 Å². The van der Waals surface area contributed by atoms with Gasteiger partial charge in [0.1, 0.15) is 0 Å². The van der Waals surface area contributed by atoms with Crippen LogP contribution in [0, 0.1) is 13.8 Å². The summed E-state index contributed by atoms with van der Waals surface area (Å²) in [6, 6.07) is 11.6. The molecule has 3 heteroatoms. The van der Waals surface area contributed by atoms with Crippen molar-refractivity contribution in [1.82, 2.24) is 5.32 Å². The number of fused-ring (bicyclic) bond motifs is 1. The van der Waals surface area contributed by atoms with Gasteiger partial charge in [0, 0.05) is 14.3 Å². The van der Waals surface area contributed by atoms with E-state index in [2.05, 4.69) is 54.9 Å². The van der Waals surface area contributed by atoms with Crippen molar-refractivity contribution in [3.8, 4) is 0 Å². The predicted molar refractivity (Wildman–Crippen MR) is 86.5 cm³/mol. The Balaban J connectivity index is 2.03. The average molecular weight is 287 g/mol. The molecule has 0 bridgehead atoms. The zero-order valence-corrected chi connectivity index (χ0v) is 13.0. The van der Waals surface area contributed by atoms with Gasteiger partial charge in [0.05, 0.1) is 6.04 Å². The summed E-state index contributed by atoms with van der Waals surface area (Å²) in [6.07, 6.45) is 0. The third-order valence-electron chi connectivity index (χ3n) is 3.60. The quantitative estimate of drug-likeness (QED) is 0.723. The highest BCUT2D eigenvalue weighted by atomic mass is 32.1. The Kier molecular flexibility index (Phi) is 3.44. The lowest BCUT2D eigenvalue weighted by molar-refractivity contribution is 0.703. The molecule has 0 aliphatic heterocycles. The molecule has 0 saturated carbocycles. The van der Waals surface area contributed by atoms with E-state index in [-0.39, 0.29) is 0 Å². The summed E-state index contributed by atoms with van der Waals surface area (Å²) >= 11 is 3.71. The minimum atomic E-state index is 0.295. The number of nitrogens with one attached hydrogen (secondary N) is 1. The Hall–Kier alpha value is -1.16. The monoisotopic (exact) mass is 287 g/mol. The maximum atomic E-state index is 3.45. The molecule has 1 atom stereocenters. The van der Waals surface area contributed by atoms with Gasteiger partial charge in [-0.25, -0.2) is 0 Å². The van der Waals surface area contributed by atoms with Crippen molar-refractivity contribution in [1.29, 1.82) is 0 Å². The number of hydrogen-bond donors (Lipinski definition) is 1. The summed E-state index contributed by atoms with van der Waals surface area (Å²) in [4.78, 5) is 1.40. The van der Waals surface area contributed by atoms with Crippen LogP contribution in [-0.4, -0.2) is 7.05 Å². The lowest BCUT2D eigenvalue weighted by atomic mass is 10.0. The molecule has 19 heavy (non-hydrogen) atoms. The largest absolute Gasteiger partial charge is 0.309 e. The van der Waals surface area contributed by atoms with E-state index in [0.29, 0.717) is 6.04 Å². The van der Waals surface area contributed by atoms with Crippen molar-refractivity contribution < 1.29 is 0 Å². The first-order valence-corrected chi connectivity index (χ1v) is 8.10. The molecule has 0 saturated heterocycles. The highest BCUT2D eigenvalue weighted by Crippen LogP contribution is 2.36. The van der Waals surface area contributed by atoms with Gasteiger partial charge in [-0.15, -0.1) is 22.7 Å². The first kappa shape index (κ1) is 12.9. The highest BCUT2D eigenvalue weighted by molar-refractivity contribution is 7.27. The van der Waals surface area contributed by atoms with Crippen molar-refractivity contribution in [2.24, 2.45) is 0 Å². The van der Waals surface area contributed by atoms with E-state index < -0.39 is 0 Å². The maximum Gasteiger partial charge on any atom is 0.0669 e. The predicted octanol–water partition coefficient (Wildman–Crippen LogP) is 4.89. The number of aryl methyl sites for hydroxylation is 2. The minimum absolute atomic E-state index is 0.295. The minimum Gasteiger partial charge on any atom is -0.309 e. The summed E-state index contributed by atoms with van der Waals surface area (Å²) in [5, 5.41) is 5.61. The second kappa shape index (κ2) is 5.08. The van der Waals surface area contributed by atoms with Crippen LogP contribution < -0.4 is 5.32 Å². The Bertz CT molecular complexity index is 680. The summed E-state index contributed by atoms with van der Waals surface area (Å²) < 4.78 is 2.79. The molecule has 3 rings (SSSR count). The normalized spacial score (nSPS) is 13.0. The number of benzene rings is 1. The molecule has 0 aliphatic carbocycles. The third kappa shape index (κ3) is 2.34.